The van der Waals surface area contributed by atoms with Gasteiger partial charge < -0.3 is 33.2 Å². The van der Waals surface area contributed by atoms with Crippen molar-refractivity contribution < 1.29 is 33.2 Å². The van der Waals surface area contributed by atoms with Gasteiger partial charge in [-0.05, 0) is 41.5 Å². The van der Waals surface area contributed by atoms with Gasteiger partial charge in [0.1, 0.15) is 6.04 Å². The molecule has 5 rings (SSSR count). The summed E-state index contributed by atoms with van der Waals surface area (Å²) in [5.74, 6) is 1.63. The highest BCUT2D eigenvalue weighted by atomic mass is 127. The number of nitrogens with zero attached hydrogens (tertiary/aromatic N) is 1. The van der Waals surface area contributed by atoms with E-state index in [1.54, 1.807) is 11.1 Å². The molecule has 0 fully saturated rings. The monoisotopic (exact) mass is 463 g/mol. The van der Waals surface area contributed by atoms with E-state index in [-0.39, 0.29) is 24.0 Å². The van der Waals surface area contributed by atoms with Crippen LogP contribution >= 0.6 is 0 Å². The van der Waals surface area contributed by atoms with Gasteiger partial charge in [-0.3, -0.25) is 0 Å². The Morgan fingerprint density at radius 3 is 1.92 bits per heavy atom. The molecule has 3 aliphatic rings. The second-order valence-corrected chi connectivity index (χ2v) is 8.79. The quantitative estimate of drug-likeness (QED) is 0.482. The molecule has 3 heteroatoms. The first-order valence-electron chi connectivity index (χ1n) is 9.53. The van der Waals surface area contributed by atoms with E-state index in [4.69, 9.17) is 4.74 Å². The highest BCUT2D eigenvalue weighted by Gasteiger charge is 2.43. The summed E-state index contributed by atoms with van der Waals surface area (Å²) in [6.07, 6.45) is 1.22. The lowest BCUT2D eigenvalue weighted by molar-refractivity contribution is -0.894. The molecule has 0 radical (unpaired) electrons. The zero-order valence-corrected chi connectivity index (χ0v) is 18.4. The van der Waals surface area contributed by atoms with Gasteiger partial charge in [-0.15, -0.1) is 0 Å². The van der Waals surface area contributed by atoms with Gasteiger partial charge in [0.25, 0.3) is 0 Å². The van der Waals surface area contributed by atoms with Crippen LogP contribution in [0.2, 0.25) is 0 Å². The lowest BCUT2D eigenvalue weighted by Crippen LogP contribution is -3.00. The zero-order chi connectivity index (χ0) is 17.6. The molecular formula is C23H30INO. The topological polar surface area (TPSA) is 9.23 Å². The Bertz CT molecular complexity index is 719. The van der Waals surface area contributed by atoms with Crippen LogP contribution in [0, 0.1) is 5.92 Å². The molecule has 2 atom stereocenters. The summed E-state index contributed by atoms with van der Waals surface area (Å²) < 4.78 is 7.18. The van der Waals surface area contributed by atoms with Crippen LogP contribution in [0.1, 0.15) is 47.4 Å². The summed E-state index contributed by atoms with van der Waals surface area (Å²) in [5.41, 5.74) is 6.15. The first-order chi connectivity index (χ1) is 12.0. The van der Waals surface area contributed by atoms with Gasteiger partial charge in [-0.2, -0.15) is 0 Å². The number of quaternary nitrogens is 1. The summed E-state index contributed by atoms with van der Waals surface area (Å²) in [4.78, 5) is 0. The summed E-state index contributed by atoms with van der Waals surface area (Å²) in [7, 11) is 6.72. The molecule has 2 bridgehead atoms. The van der Waals surface area contributed by atoms with Crippen LogP contribution in [0.5, 0.6) is 0 Å². The van der Waals surface area contributed by atoms with Crippen LogP contribution in [0.4, 0.5) is 0 Å². The van der Waals surface area contributed by atoms with E-state index in [2.05, 4.69) is 76.6 Å². The van der Waals surface area contributed by atoms with Crippen molar-refractivity contribution in [3.63, 3.8) is 0 Å². The number of benzene rings is 2. The maximum Gasteiger partial charge on any atom is 0.109 e. The first-order valence-corrected chi connectivity index (χ1v) is 9.53. The fraction of sp³-hybridized carbons (Fsp3) is 0.478. The Morgan fingerprint density at radius 2 is 1.42 bits per heavy atom. The van der Waals surface area contributed by atoms with E-state index < -0.39 is 0 Å². The van der Waals surface area contributed by atoms with Crippen LogP contribution < -0.4 is 24.0 Å². The molecule has 0 saturated carbocycles. The largest absolute Gasteiger partial charge is 1.00 e. The van der Waals surface area contributed by atoms with Crippen LogP contribution in [0.15, 0.2) is 48.5 Å². The highest BCUT2D eigenvalue weighted by Crippen LogP contribution is 2.55. The van der Waals surface area contributed by atoms with Crippen molar-refractivity contribution in [2.75, 3.05) is 34.4 Å². The maximum atomic E-state index is 6.23. The van der Waals surface area contributed by atoms with Gasteiger partial charge in [0.15, 0.2) is 0 Å². The van der Waals surface area contributed by atoms with Crippen molar-refractivity contribution >= 4 is 0 Å². The number of halogens is 1. The lowest BCUT2D eigenvalue weighted by atomic mass is 9.59. The van der Waals surface area contributed by atoms with Crippen LogP contribution in [-0.4, -0.2) is 44.9 Å². The molecular weight excluding hydrogens is 433 g/mol. The molecule has 26 heavy (non-hydrogen) atoms. The average molecular weight is 463 g/mol. The third-order valence-corrected chi connectivity index (χ3v) is 6.44. The fourth-order valence-corrected chi connectivity index (χ4v) is 4.54. The van der Waals surface area contributed by atoms with E-state index in [9.17, 15) is 0 Å². The molecule has 0 aliphatic heterocycles. The number of fused-ring (bicyclic) bond motifs is 1. The van der Waals surface area contributed by atoms with Crippen molar-refractivity contribution in [2.45, 2.75) is 31.2 Å². The van der Waals surface area contributed by atoms with Crippen molar-refractivity contribution in [1.29, 1.82) is 0 Å². The number of likely N-dealkylation sites (N-methyl/N-ethyl adjacent to an activating group) is 1. The summed E-state index contributed by atoms with van der Waals surface area (Å²) in [5, 5.41) is 0. The Morgan fingerprint density at radius 1 is 0.923 bits per heavy atom. The van der Waals surface area contributed by atoms with Gasteiger partial charge in [0, 0.05) is 11.8 Å². The third-order valence-electron chi connectivity index (χ3n) is 6.44. The van der Waals surface area contributed by atoms with Gasteiger partial charge in [0.05, 0.1) is 34.4 Å². The van der Waals surface area contributed by atoms with Gasteiger partial charge in [0.2, 0.25) is 0 Å². The first kappa shape index (κ1) is 19.8. The average Bonchev–Trinajstić information content (AvgIpc) is 2.61. The Balaban J connectivity index is 0.00000196. The molecule has 2 aromatic rings. The lowest BCUT2D eigenvalue weighted by Gasteiger charge is -2.45. The van der Waals surface area contributed by atoms with E-state index in [0.29, 0.717) is 23.8 Å². The van der Waals surface area contributed by atoms with E-state index >= 15 is 0 Å². The Kier molecular flexibility index (Phi) is 5.80. The number of ether oxygens (including phenoxy) is 1. The van der Waals surface area contributed by atoms with Crippen molar-refractivity contribution in [2.24, 2.45) is 5.92 Å². The van der Waals surface area contributed by atoms with Crippen LogP contribution in [0.3, 0.4) is 0 Å². The molecule has 0 heterocycles. The van der Waals surface area contributed by atoms with Crippen LogP contribution in [0.25, 0.3) is 0 Å². The Labute approximate surface area is 175 Å². The molecule has 0 saturated heterocycles. The van der Waals surface area contributed by atoms with Crippen molar-refractivity contribution in [3.8, 4) is 0 Å². The molecule has 2 nitrogen and oxygen atoms in total. The minimum atomic E-state index is 0. The van der Waals surface area contributed by atoms with Gasteiger partial charge >= 0.3 is 0 Å². The second-order valence-electron chi connectivity index (χ2n) is 8.79. The summed E-state index contributed by atoms with van der Waals surface area (Å²) in [6.45, 7) is 3.98. The fourth-order valence-electron chi connectivity index (χ4n) is 4.54. The molecule has 2 aromatic carbocycles. The normalized spacial score (nSPS) is 24.4. The molecule has 0 amide bonds. The zero-order valence-electron chi connectivity index (χ0n) is 16.3. The smallest absolute Gasteiger partial charge is 0.109 e. The maximum absolute atomic E-state index is 6.23. The SMILES string of the molecule is CC(COCC1CC2c3ccccc3C1c1ccccc12)[N+](C)(C)C.[I-]. The van der Waals surface area contributed by atoms with Gasteiger partial charge in [-0.1, -0.05) is 48.5 Å². The number of hydrogen-bond acceptors (Lipinski definition) is 1. The van der Waals surface area contributed by atoms with E-state index in [1.807, 2.05) is 0 Å². The summed E-state index contributed by atoms with van der Waals surface area (Å²) >= 11 is 0. The molecule has 3 aliphatic carbocycles. The molecule has 0 aromatic heterocycles. The third kappa shape index (κ3) is 3.46. The highest BCUT2D eigenvalue weighted by molar-refractivity contribution is 5.55. The second kappa shape index (κ2) is 7.61. The predicted molar refractivity (Wildman–Crippen MR) is 103 cm³/mol. The Hall–Kier alpha value is -0.910. The number of hydrogen-bond donors (Lipinski definition) is 0. The molecule has 2 unspecified atom stereocenters. The minimum absolute atomic E-state index is 0. The summed E-state index contributed by atoms with van der Waals surface area (Å²) in [6, 6.07) is 18.6. The van der Waals surface area contributed by atoms with E-state index in [0.717, 1.165) is 17.7 Å². The predicted octanol–water partition coefficient (Wildman–Crippen LogP) is 1.40. The van der Waals surface area contributed by atoms with Crippen LogP contribution in [-0.2, 0) is 4.74 Å². The van der Waals surface area contributed by atoms with Gasteiger partial charge in [-0.25, -0.2) is 0 Å². The minimum Gasteiger partial charge on any atom is -1.00 e. The molecule has 0 spiro atoms. The van der Waals surface area contributed by atoms with E-state index in [1.165, 1.54) is 17.5 Å². The van der Waals surface area contributed by atoms with Crippen molar-refractivity contribution in [3.05, 3.63) is 70.8 Å². The standard InChI is InChI=1S/C23H30NO.HI/c1-16(24(2,3)4)14-25-15-17-13-22-18-9-5-7-11-20(18)23(17)21-12-8-6-10-19(21)22;/h5-12,16-17,22-23H,13-15H2,1-4H3;1H/q+1;/p-1. The van der Waals surface area contributed by atoms with Crippen molar-refractivity contribution in [1.82, 2.24) is 0 Å². The molecule has 140 valence electrons. The molecule has 0 N–H and O–H groups in total. The number of rotatable bonds is 5.